The highest BCUT2D eigenvalue weighted by molar-refractivity contribution is 5.78. The molecule has 2 aliphatic rings. The minimum atomic E-state index is 0.124. The molecule has 1 unspecified atom stereocenters. The Kier molecular flexibility index (Phi) is 4.60. The van der Waals surface area contributed by atoms with E-state index in [0.717, 1.165) is 26.2 Å². The van der Waals surface area contributed by atoms with Crippen LogP contribution >= 0.6 is 0 Å². The van der Waals surface area contributed by atoms with Gasteiger partial charge in [-0.15, -0.1) is 0 Å². The third-order valence-corrected chi connectivity index (χ3v) is 3.52. The summed E-state index contributed by atoms with van der Waals surface area (Å²) in [6.45, 7) is 2.89. The van der Waals surface area contributed by atoms with Crippen molar-refractivity contribution in [3.63, 3.8) is 0 Å². The first-order valence-electron chi connectivity index (χ1n) is 6.42. The summed E-state index contributed by atoms with van der Waals surface area (Å²) >= 11 is 0. The molecule has 0 radical (unpaired) electrons. The van der Waals surface area contributed by atoms with Gasteiger partial charge < -0.3 is 15.4 Å². The molecule has 1 atom stereocenters. The molecule has 1 aliphatic heterocycles. The van der Waals surface area contributed by atoms with E-state index in [-0.39, 0.29) is 5.91 Å². The Labute approximate surface area is 97.1 Å². The van der Waals surface area contributed by atoms with Gasteiger partial charge in [-0.25, -0.2) is 0 Å². The van der Waals surface area contributed by atoms with E-state index in [4.69, 9.17) is 4.74 Å². The van der Waals surface area contributed by atoms with Crippen molar-refractivity contribution in [2.24, 2.45) is 5.92 Å². The fourth-order valence-electron chi connectivity index (χ4n) is 2.43. The summed E-state index contributed by atoms with van der Waals surface area (Å²) in [6, 6.07) is 0.570. The van der Waals surface area contributed by atoms with Crippen LogP contribution in [0.5, 0.6) is 0 Å². The molecule has 0 aromatic heterocycles. The molecule has 16 heavy (non-hydrogen) atoms. The van der Waals surface area contributed by atoms with Gasteiger partial charge in [0.05, 0.1) is 13.2 Å². The van der Waals surface area contributed by atoms with Crippen LogP contribution in [0.25, 0.3) is 0 Å². The molecule has 1 amide bonds. The first-order chi connectivity index (χ1) is 7.84. The number of hydrogen-bond acceptors (Lipinski definition) is 3. The lowest BCUT2D eigenvalue weighted by atomic mass is 10.1. The van der Waals surface area contributed by atoms with Gasteiger partial charge in [0.15, 0.2) is 0 Å². The van der Waals surface area contributed by atoms with Gasteiger partial charge in [0.1, 0.15) is 0 Å². The molecule has 1 saturated carbocycles. The summed E-state index contributed by atoms with van der Waals surface area (Å²) in [5.74, 6) is 0.647. The van der Waals surface area contributed by atoms with Gasteiger partial charge in [0, 0.05) is 25.1 Å². The summed E-state index contributed by atoms with van der Waals surface area (Å²) in [4.78, 5) is 11.5. The maximum absolute atomic E-state index is 11.5. The van der Waals surface area contributed by atoms with E-state index in [2.05, 4.69) is 10.6 Å². The molecule has 0 bridgehead atoms. The highest BCUT2D eigenvalue weighted by atomic mass is 16.5. The Morgan fingerprint density at radius 1 is 1.25 bits per heavy atom. The van der Waals surface area contributed by atoms with Crippen LogP contribution in [0, 0.1) is 5.92 Å². The SMILES string of the molecule is O=C(CNC1CCCC1)NCC1CCOC1. The topological polar surface area (TPSA) is 50.4 Å². The van der Waals surface area contributed by atoms with E-state index in [1.807, 2.05) is 0 Å². The van der Waals surface area contributed by atoms with Crippen molar-refractivity contribution in [2.45, 2.75) is 38.1 Å². The zero-order chi connectivity index (χ0) is 11.2. The molecule has 2 N–H and O–H groups in total. The molecule has 0 aromatic rings. The van der Waals surface area contributed by atoms with Gasteiger partial charge in [-0.2, -0.15) is 0 Å². The van der Waals surface area contributed by atoms with Crippen molar-refractivity contribution in [2.75, 3.05) is 26.3 Å². The highest BCUT2D eigenvalue weighted by Crippen LogP contribution is 2.17. The normalized spacial score (nSPS) is 26.1. The Balaban J connectivity index is 1.53. The van der Waals surface area contributed by atoms with Crippen molar-refractivity contribution in [3.8, 4) is 0 Å². The number of ether oxygens (including phenoxy) is 1. The monoisotopic (exact) mass is 226 g/mol. The minimum absolute atomic E-state index is 0.124. The summed E-state index contributed by atoms with van der Waals surface area (Å²) in [7, 11) is 0. The van der Waals surface area contributed by atoms with Crippen LogP contribution in [0.2, 0.25) is 0 Å². The van der Waals surface area contributed by atoms with Gasteiger partial charge in [-0.3, -0.25) is 4.79 Å². The third kappa shape index (κ3) is 3.76. The fraction of sp³-hybridized carbons (Fsp3) is 0.917. The maximum atomic E-state index is 11.5. The predicted molar refractivity (Wildman–Crippen MR) is 62.2 cm³/mol. The lowest BCUT2D eigenvalue weighted by Gasteiger charge is -2.13. The quantitative estimate of drug-likeness (QED) is 0.724. The van der Waals surface area contributed by atoms with Crippen LogP contribution in [0.4, 0.5) is 0 Å². The first kappa shape index (κ1) is 11.9. The smallest absolute Gasteiger partial charge is 0.233 e. The highest BCUT2D eigenvalue weighted by Gasteiger charge is 2.17. The average Bonchev–Trinajstić information content (AvgIpc) is 2.96. The number of nitrogens with one attached hydrogen (secondary N) is 2. The van der Waals surface area contributed by atoms with E-state index >= 15 is 0 Å². The Bertz CT molecular complexity index is 199. The second-order valence-electron chi connectivity index (χ2n) is 4.90. The van der Waals surface area contributed by atoms with Crippen molar-refractivity contribution in [1.29, 1.82) is 0 Å². The number of amides is 1. The van der Waals surface area contributed by atoms with Gasteiger partial charge in [-0.1, -0.05) is 12.8 Å². The van der Waals surface area contributed by atoms with Gasteiger partial charge in [0.25, 0.3) is 0 Å². The minimum Gasteiger partial charge on any atom is -0.381 e. The Hall–Kier alpha value is -0.610. The van der Waals surface area contributed by atoms with Crippen LogP contribution in [0.15, 0.2) is 0 Å². The van der Waals surface area contributed by atoms with Gasteiger partial charge >= 0.3 is 0 Å². The summed E-state index contributed by atoms with van der Waals surface area (Å²) in [5, 5.41) is 6.28. The van der Waals surface area contributed by atoms with Crippen LogP contribution in [-0.2, 0) is 9.53 Å². The van der Waals surface area contributed by atoms with E-state index in [9.17, 15) is 4.79 Å². The van der Waals surface area contributed by atoms with Crippen molar-refractivity contribution >= 4 is 5.91 Å². The van der Waals surface area contributed by atoms with Crippen LogP contribution in [-0.4, -0.2) is 38.3 Å². The van der Waals surface area contributed by atoms with Crippen LogP contribution in [0.3, 0.4) is 0 Å². The summed E-state index contributed by atoms with van der Waals surface area (Å²) < 4.78 is 5.26. The zero-order valence-electron chi connectivity index (χ0n) is 9.84. The summed E-state index contributed by atoms with van der Waals surface area (Å²) in [6.07, 6.45) is 6.14. The number of carbonyl (C=O) groups excluding carboxylic acids is 1. The molecule has 92 valence electrons. The summed E-state index contributed by atoms with van der Waals surface area (Å²) in [5.41, 5.74) is 0. The largest absolute Gasteiger partial charge is 0.381 e. The molecule has 1 heterocycles. The van der Waals surface area contributed by atoms with E-state index in [1.165, 1.54) is 25.7 Å². The molecule has 1 saturated heterocycles. The zero-order valence-corrected chi connectivity index (χ0v) is 9.84. The lowest BCUT2D eigenvalue weighted by Crippen LogP contribution is -2.39. The molecule has 2 rings (SSSR count). The number of hydrogen-bond donors (Lipinski definition) is 2. The molecular weight excluding hydrogens is 204 g/mol. The molecule has 4 heteroatoms. The van der Waals surface area contributed by atoms with E-state index in [0.29, 0.717) is 18.5 Å². The first-order valence-corrected chi connectivity index (χ1v) is 6.42. The third-order valence-electron chi connectivity index (χ3n) is 3.52. The van der Waals surface area contributed by atoms with Crippen molar-refractivity contribution in [1.82, 2.24) is 10.6 Å². The average molecular weight is 226 g/mol. The number of carbonyl (C=O) groups is 1. The maximum Gasteiger partial charge on any atom is 0.233 e. The van der Waals surface area contributed by atoms with Crippen LogP contribution in [0.1, 0.15) is 32.1 Å². The lowest BCUT2D eigenvalue weighted by molar-refractivity contribution is -0.120. The standard InChI is InChI=1S/C12H22N2O2/c15-12(8-13-11-3-1-2-4-11)14-7-10-5-6-16-9-10/h10-11,13H,1-9H2,(H,14,15). The number of rotatable bonds is 5. The van der Waals surface area contributed by atoms with Gasteiger partial charge in [-0.05, 0) is 19.3 Å². The second-order valence-corrected chi connectivity index (χ2v) is 4.90. The molecule has 2 fully saturated rings. The molecule has 1 aliphatic carbocycles. The fourth-order valence-corrected chi connectivity index (χ4v) is 2.43. The van der Waals surface area contributed by atoms with E-state index < -0.39 is 0 Å². The Morgan fingerprint density at radius 3 is 2.75 bits per heavy atom. The van der Waals surface area contributed by atoms with Crippen LogP contribution < -0.4 is 10.6 Å². The molecule has 4 nitrogen and oxygen atoms in total. The molecular formula is C12H22N2O2. The van der Waals surface area contributed by atoms with Crippen molar-refractivity contribution < 1.29 is 9.53 Å². The molecule has 0 aromatic carbocycles. The second kappa shape index (κ2) is 6.21. The van der Waals surface area contributed by atoms with Crippen molar-refractivity contribution in [3.05, 3.63) is 0 Å². The molecule has 0 spiro atoms. The van der Waals surface area contributed by atoms with E-state index in [1.54, 1.807) is 0 Å². The Morgan fingerprint density at radius 2 is 2.06 bits per heavy atom. The van der Waals surface area contributed by atoms with Gasteiger partial charge in [0.2, 0.25) is 5.91 Å². The predicted octanol–water partition coefficient (Wildman–Crippen LogP) is 0.671.